The van der Waals surface area contributed by atoms with Gasteiger partial charge in [-0.3, -0.25) is 9.36 Å². The highest BCUT2D eigenvalue weighted by molar-refractivity contribution is 6.29. The average molecular weight is 329 g/mol. The minimum atomic E-state index is -0.268. The summed E-state index contributed by atoms with van der Waals surface area (Å²) in [6.45, 7) is 2.50. The summed E-state index contributed by atoms with van der Waals surface area (Å²) in [4.78, 5) is 16.7. The van der Waals surface area contributed by atoms with E-state index < -0.39 is 0 Å². The van der Waals surface area contributed by atoms with Crippen LogP contribution in [0.2, 0.25) is 5.15 Å². The Morgan fingerprint density at radius 1 is 1.17 bits per heavy atom. The van der Waals surface area contributed by atoms with E-state index in [2.05, 4.69) is 11.9 Å². The molecule has 0 aliphatic heterocycles. The van der Waals surface area contributed by atoms with Crippen LogP contribution in [0.3, 0.4) is 0 Å². The van der Waals surface area contributed by atoms with Crippen LogP contribution in [0.4, 0.5) is 0 Å². The molecule has 2 aromatic carbocycles. The first-order chi connectivity index (χ1) is 11.1. The Morgan fingerprint density at radius 2 is 1.91 bits per heavy atom. The average Bonchev–Trinajstić information content (AvgIpc) is 2.58. The van der Waals surface area contributed by atoms with Gasteiger partial charge in [-0.1, -0.05) is 42.8 Å². The van der Waals surface area contributed by atoms with Crippen LogP contribution in [0, 0.1) is 0 Å². The topological polar surface area (TPSA) is 44.1 Å². The quantitative estimate of drug-likeness (QED) is 0.734. The van der Waals surface area contributed by atoms with E-state index in [1.165, 1.54) is 0 Å². The van der Waals surface area contributed by atoms with E-state index in [9.17, 15) is 4.79 Å². The molecule has 0 aliphatic rings. The van der Waals surface area contributed by atoms with Crippen LogP contribution in [0.25, 0.3) is 11.0 Å². The third kappa shape index (κ3) is 2.94. The fraction of sp³-hybridized carbons (Fsp3) is 0.222. The first kappa shape index (κ1) is 15.6. The molecule has 0 radical (unpaired) electrons. The van der Waals surface area contributed by atoms with E-state index >= 15 is 0 Å². The zero-order valence-corrected chi connectivity index (χ0v) is 13.8. The van der Waals surface area contributed by atoms with Crippen LogP contribution in [-0.2, 0) is 13.0 Å². The predicted octanol–water partition coefficient (Wildman–Crippen LogP) is 3.67. The molecule has 1 aromatic heterocycles. The van der Waals surface area contributed by atoms with Crippen molar-refractivity contribution >= 4 is 22.6 Å². The van der Waals surface area contributed by atoms with Gasteiger partial charge in [0, 0.05) is 0 Å². The monoisotopic (exact) mass is 328 g/mol. The van der Waals surface area contributed by atoms with Crippen LogP contribution >= 0.6 is 11.6 Å². The van der Waals surface area contributed by atoms with Crippen LogP contribution in [-0.4, -0.2) is 16.7 Å². The van der Waals surface area contributed by atoms with Crippen molar-refractivity contribution in [1.29, 1.82) is 0 Å². The SMILES string of the molecule is CCc1cccc2nc(Cl)c(=O)n(Cc3ccc(OC)cc3)c12. The molecule has 0 saturated heterocycles. The summed E-state index contributed by atoms with van der Waals surface area (Å²) in [6, 6.07) is 13.5. The third-order valence-corrected chi connectivity index (χ3v) is 4.14. The number of hydrogen-bond acceptors (Lipinski definition) is 3. The van der Waals surface area contributed by atoms with E-state index in [1.54, 1.807) is 11.7 Å². The summed E-state index contributed by atoms with van der Waals surface area (Å²) in [5.74, 6) is 0.785. The molecule has 118 valence electrons. The van der Waals surface area contributed by atoms with Crippen molar-refractivity contribution in [3.63, 3.8) is 0 Å². The molecule has 0 N–H and O–H groups in total. The number of fused-ring (bicyclic) bond motifs is 1. The van der Waals surface area contributed by atoms with E-state index in [-0.39, 0.29) is 10.7 Å². The van der Waals surface area contributed by atoms with Gasteiger partial charge in [-0.05, 0) is 35.7 Å². The van der Waals surface area contributed by atoms with Gasteiger partial charge in [0.15, 0.2) is 5.15 Å². The van der Waals surface area contributed by atoms with Crippen molar-refractivity contribution < 1.29 is 4.74 Å². The van der Waals surface area contributed by atoms with Crippen LogP contribution in [0.1, 0.15) is 18.1 Å². The van der Waals surface area contributed by atoms with Gasteiger partial charge >= 0.3 is 0 Å². The molecule has 4 nitrogen and oxygen atoms in total. The maximum atomic E-state index is 12.5. The first-order valence-corrected chi connectivity index (χ1v) is 7.82. The summed E-state index contributed by atoms with van der Waals surface area (Å²) in [5.41, 5.74) is 3.40. The van der Waals surface area contributed by atoms with Gasteiger partial charge in [0.25, 0.3) is 5.56 Å². The Labute approximate surface area is 139 Å². The molecule has 23 heavy (non-hydrogen) atoms. The second-order valence-electron chi connectivity index (χ2n) is 5.28. The first-order valence-electron chi connectivity index (χ1n) is 7.45. The van der Waals surface area contributed by atoms with Crippen molar-refractivity contribution in [2.24, 2.45) is 0 Å². The van der Waals surface area contributed by atoms with Gasteiger partial charge in [-0.25, -0.2) is 4.98 Å². The number of hydrogen-bond donors (Lipinski definition) is 0. The Balaban J connectivity index is 2.18. The minimum Gasteiger partial charge on any atom is -0.497 e. The fourth-order valence-electron chi connectivity index (χ4n) is 2.70. The van der Waals surface area contributed by atoms with Gasteiger partial charge < -0.3 is 4.74 Å². The molecule has 0 amide bonds. The largest absolute Gasteiger partial charge is 0.497 e. The van der Waals surface area contributed by atoms with Crippen LogP contribution < -0.4 is 10.3 Å². The normalized spacial score (nSPS) is 10.9. The van der Waals surface area contributed by atoms with Crippen molar-refractivity contribution in [2.75, 3.05) is 7.11 Å². The maximum Gasteiger partial charge on any atom is 0.289 e. The number of para-hydroxylation sites is 1. The molecular formula is C18H17ClN2O2. The van der Waals surface area contributed by atoms with Crippen LogP contribution in [0.5, 0.6) is 5.75 Å². The van der Waals surface area contributed by atoms with Gasteiger partial charge in [-0.2, -0.15) is 0 Å². The fourth-order valence-corrected chi connectivity index (χ4v) is 2.89. The molecule has 0 atom stereocenters. The Bertz CT molecular complexity index is 901. The lowest BCUT2D eigenvalue weighted by Gasteiger charge is -2.14. The molecule has 3 rings (SSSR count). The van der Waals surface area contributed by atoms with Crippen molar-refractivity contribution in [2.45, 2.75) is 19.9 Å². The lowest BCUT2D eigenvalue weighted by Crippen LogP contribution is -2.23. The predicted molar refractivity (Wildman–Crippen MR) is 92.5 cm³/mol. The lowest BCUT2D eigenvalue weighted by atomic mass is 10.1. The lowest BCUT2D eigenvalue weighted by molar-refractivity contribution is 0.414. The van der Waals surface area contributed by atoms with Crippen molar-refractivity contribution in [1.82, 2.24) is 9.55 Å². The Morgan fingerprint density at radius 3 is 2.57 bits per heavy atom. The summed E-state index contributed by atoms with van der Waals surface area (Å²) in [5, 5.41) is -0.000681. The molecule has 1 heterocycles. The van der Waals surface area contributed by atoms with E-state index in [0.29, 0.717) is 6.54 Å². The van der Waals surface area contributed by atoms with E-state index in [0.717, 1.165) is 34.3 Å². The summed E-state index contributed by atoms with van der Waals surface area (Å²) in [7, 11) is 1.63. The zero-order valence-electron chi connectivity index (χ0n) is 13.0. The number of benzene rings is 2. The highest BCUT2D eigenvalue weighted by atomic mass is 35.5. The smallest absolute Gasteiger partial charge is 0.289 e. The molecule has 0 unspecified atom stereocenters. The minimum absolute atomic E-state index is 0.000681. The number of aryl methyl sites for hydroxylation is 1. The molecular weight excluding hydrogens is 312 g/mol. The Kier molecular flexibility index (Phi) is 4.35. The summed E-state index contributed by atoms with van der Waals surface area (Å²) >= 11 is 6.04. The molecule has 0 spiro atoms. The summed E-state index contributed by atoms with van der Waals surface area (Å²) < 4.78 is 6.87. The molecule has 3 aromatic rings. The second-order valence-corrected chi connectivity index (χ2v) is 5.64. The van der Waals surface area contributed by atoms with Crippen molar-refractivity contribution in [3.05, 3.63) is 69.1 Å². The van der Waals surface area contributed by atoms with Crippen molar-refractivity contribution in [3.8, 4) is 5.75 Å². The number of rotatable bonds is 4. The van der Waals surface area contributed by atoms with Gasteiger partial charge in [-0.15, -0.1) is 0 Å². The number of nitrogens with zero attached hydrogens (tertiary/aromatic N) is 2. The maximum absolute atomic E-state index is 12.5. The number of aromatic nitrogens is 2. The summed E-state index contributed by atoms with van der Waals surface area (Å²) in [6.07, 6.45) is 0.822. The van der Waals surface area contributed by atoms with E-state index in [1.807, 2.05) is 42.5 Å². The molecule has 0 fully saturated rings. The second kappa shape index (κ2) is 6.42. The van der Waals surface area contributed by atoms with Gasteiger partial charge in [0.1, 0.15) is 5.75 Å². The highest BCUT2D eigenvalue weighted by Gasteiger charge is 2.12. The van der Waals surface area contributed by atoms with Gasteiger partial charge in [0.2, 0.25) is 0 Å². The molecule has 0 saturated carbocycles. The highest BCUT2D eigenvalue weighted by Crippen LogP contribution is 2.20. The van der Waals surface area contributed by atoms with Crippen LogP contribution in [0.15, 0.2) is 47.3 Å². The molecule has 5 heteroatoms. The Hall–Kier alpha value is -2.33. The molecule has 0 bridgehead atoms. The van der Waals surface area contributed by atoms with E-state index in [4.69, 9.17) is 16.3 Å². The zero-order chi connectivity index (χ0) is 16.4. The van der Waals surface area contributed by atoms with Gasteiger partial charge in [0.05, 0.1) is 24.7 Å². The number of halogens is 1. The number of ether oxygens (including phenoxy) is 1. The standard InChI is InChI=1S/C18H17ClN2O2/c1-3-13-5-4-6-15-16(13)21(18(22)17(19)20-15)11-12-7-9-14(23-2)10-8-12/h4-10H,3,11H2,1-2H3. The number of methoxy groups -OCH3 is 1. The molecule has 0 aliphatic carbocycles. The third-order valence-electron chi connectivity index (χ3n) is 3.89.